The largest absolute Gasteiger partial charge is 0.486 e. The fourth-order valence-corrected chi connectivity index (χ4v) is 7.29. The first-order valence-corrected chi connectivity index (χ1v) is 14.7. The van der Waals surface area contributed by atoms with E-state index in [1.54, 1.807) is 13.8 Å². The van der Waals surface area contributed by atoms with Crippen molar-refractivity contribution in [2.45, 2.75) is 61.8 Å². The number of cyclic esters (lactones) is 1. The molecule has 5 rings (SSSR count). The van der Waals surface area contributed by atoms with Crippen molar-refractivity contribution < 1.29 is 23.8 Å². The normalized spacial score (nSPS) is 18.1. The van der Waals surface area contributed by atoms with Crippen LogP contribution in [-0.2, 0) is 30.3 Å². The van der Waals surface area contributed by atoms with E-state index in [0.717, 1.165) is 22.1 Å². The fraction of sp³-hybridized carbons (Fsp3) is 0.357. The Balaban J connectivity index is 1.65. The molecular weight excluding hydrogens is 536 g/mol. The van der Waals surface area contributed by atoms with E-state index in [1.807, 2.05) is 66.9 Å². The molecule has 11 heteroatoms. The number of benzene rings is 2. The molecule has 0 saturated heterocycles. The summed E-state index contributed by atoms with van der Waals surface area (Å²) >= 11 is 2.56. The van der Waals surface area contributed by atoms with Crippen molar-refractivity contribution in [3.63, 3.8) is 0 Å². The Morgan fingerprint density at radius 2 is 1.79 bits per heavy atom. The van der Waals surface area contributed by atoms with E-state index in [-0.39, 0.29) is 19.0 Å². The Morgan fingerprint density at radius 3 is 2.49 bits per heavy atom. The summed E-state index contributed by atoms with van der Waals surface area (Å²) in [6, 6.07) is 15.5. The van der Waals surface area contributed by atoms with E-state index in [0.29, 0.717) is 28.2 Å². The highest BCUT2D eigenvalue weighted by atomic mass is 32.2. The number of imidazole rings is 2. The van der Waals surface area contributed by atoms with E-state index in [4.69, 9.17) is 24.2 Å². The zero-order valence-corrected chi connectivity index (χ0v) is 23.9. The molecule has 0 bridgehead atoms. The van der Waals surface area contributed by atoms with Crippen LogP contribution in [0.5, 0.6) is 0 Å². The fourth-order valence-electron chi connectivity index (χ4n) is 4.71. The predicted octanol–water partition coefficient (Wildman–Crippen LogP) is 5.70. The van der Waals surface area contributed by atoms with Gasteiger partial charge in [0.15, 0.2) is 10.3 Å². The zero-order chi connectivity index (χ0) is 27.6. The maximum absolute atomic E-state index is 13.9. The minimum Gasteiger partial charge on any atom is -0.486 e. The summed E-state index contributed by atoms with van der Waals surface area (Å²) in [5, 5.41) is 0.667. The van der Waals surface area contributed by atoms with Crippen molar-refractivity contribution in [3.8, 4) is 0 Å². The molecule has 0 aliphatic carbocycles. The van der Waals surface area contributed by atoms with Crippen LogP contribution in [0.3, 0.4) is 0 Å². The molecule has 9 nitrogen and oxygen atoms in total. The monoisotopic (exact) mass is 566 g/mol. The standard InChI is InChI=1S/C28H30N4O5S2/c1-5-21(38-26-29-17-13-9-10-14-18(17)30-26)28(25(34)36-8-4)23(22(35-7-3)24(33)37-28)39-27-31-19-15-11-12-16-20(19)32(27)6-2/h9-16,21H,5-8H2,1-4H3,(H,29,30). The summed E-state index contributed by atoms with van der Waals surface area (Å²) in [5.74, 6) is -1.34. The maximum Gasteiger partial charge on any atom is 0.376 e. The number of esters is 2. The molecule has 2 atom stereocenters. The van der Waals surface area contributed by atoms with Gasteiger partial charge in [-0.05, 0) is 63.2 Å². The van der Waals surface area contributed by atoms with Gasteiger partial charge in [0.1, 0.15) is 0 Å². The van der Waals surface area contributed by atoms with Crippen LogP contribution in [0, 0.1) is 0 Å². The molecule has 4 aromatic rings. The third-order valence-corrected chi connectivity index (χ3v) is 8.98. The van der Waals surface area contributed by atoms with Crippen molar-refractivity contribution >= 4 is 57.5 Å². The first kappa shape index (κ1) is 27.1. The number of hydrogen-bond acceptors (Lipinski definition) is 9. The molecule has 0 amide bonds. The first-order chi connectivity index (χ1) is 19.0. The Bertz CT molecular complexity index is 1530. The summed E-state index contributed by atoms with van der Waals surface area (Å²) in [7, 11) is 0. The van der Waals surface area contributed by atoms with E-state index >= 15 is 0 Å². The lowest BCUT2D eigenvalue weighted by atomic mass is 9.97. The van der Waals surface area contributed by atoms with Crippen molar-refractivity contribution in [2.24, 2.45) is 0 Å². The maximum atomic E-state index is 13.9. The molecule has 2 aromatic carbocycles. The van der Waals surface area contributed by atoms with Gasteiger partial charge < -0.3 is 23.8 Å². The number of aromatic nitrogens is 4. The number of para-hydroxylation sites is 4. The van der Waals surface area contributed by atoms with E-state index in [2.05, 4.69) is 4.98 Å². The van der Waals surface area contributed by atoms with Gasteiger partial charge in [-0.25, -0.2) is 19.6 Å². The molecular formula is C28H30N4O5S2. The van der Waals surface area contributed by atoms with Crippen LogP contribution in [-0.4, -0.2) is 55.5 Å². The number of aromatic amines is 1. The van der Waals surface area contributed by atoms with Crippen LogP contribution < -0.4 is 0 Å². The zero-order valence-electron chi connectivity index (χ0n) is 22.2. The quantitative estimate of drug-likeness (QED) is 0.181. The van der Waals surface area contributed by atoms with Crippen LogP contribution in [0.15, 0.2) is 69.5 Å². The third-order valence-electron chi connectivity index (χ3n) is 6.42. The number of ether oxygens (including phenoxy) is 3. The van der Waals surface area contributed by atoms with Gasteiger partial charge in [0.05, 0.1) is 45.4 Å². The topological polar surface area (TPSA) is 108 Å². The number of nitrogens with one attached hydrogen (secondary N) is 1. The van der Waals surface area contributed by atoms with Crippen LogP contribution in [0.25, 0.3) is 22.1 Å². The highest BCUT2D eigenvalue weighted by Crippen LogP contribution is 2.51. The van der Waals surface area contributed by atoms with Crippen LogP contribution >= 0.6 is 23.5 Å². The van der Waals surface area contributed by atoms with Crippen molar-refractivity contribution in [1.82, 2.24) is 19.5 Å². The Kier molecular flexibility index (Phi) is 7.90. The summed E-state index contributed by atoms with van der Waals surface area (Å²) in [6.45, 7) is 8.48. The molecule has 0 radical (unpaired) electrons. The molecule has 1 aliphatic rings. The van der Waals surface area contributed by atoms with Crippen molar-refractivity contribution in [1.29, 1.82) is 0 Å². The summed E-state index contributed by atoms with van der Waals surface area (Å²) in [5.41, 5.74) is 1.70. The van der Waals surface area contributed by atoms with Crippen LogP contribution in [0.4, 0.5) is 0 Å². The predicted molar refractivity (Wildman–Crippen MR) is 151 cm³/mol. The highest BCUT2D eigenvalue weighted by Gasteiger charge is 2.61. The Morgan fingerprint density at radius 1 is 1.05 bits per heavy atom. The van der Waals surface area contributed by atoms with E-state index in [9.17, 15) is 9.59 Å². The average Bonchev–Trinajstić information content (AvgIpc) is 3.60. The first-order valence-electron chi connectivity index (χ1n) is 13.0. The SMILES string of the molecule is CCOC(=O)C1(C(CC)Sc2nc3ccccc3[nH]2)OC(=O)C(OCC)=C1Sc1nc2ccccc2n1CC. The Hall–Kier alpha value is -3.44. The molecule has 0 spiro atoms. The van der Waals surface area contributed by atoms with Gasteiger partial charge in [0, 0.05) is 6.54 Å². The Labute approximate surface area is 234 Å². The number of rotatable bonds is 11. The van der Waals surface area contributed by atoms with Gasteiger partial charge in [-0.3, -0.25) is 0 Å². The molecule has 2 unspecified atom stereocenters. The molecule has 1 aliphatic heterocycles. The second kappa shape index (κ2) is 11.4. The van der Waals surface area contributed by atoms with Gasteiger partial charge in [0.25, 0.3) is 5.60 Å². The lowest BCUT2D eigenvalue weighted by Crippen LogP contribution is -2.50. The van der Waals surface area contributed by atoms with Gasteiger partial charge in [-0.2, -0.15) is 0 Å². The lowest BCUT2D eigenvalue weighted by Gasteiger charge is -2.33. The third kappa shape index (κ3) is 4.78. The van der Waals surface area contributed by atoms with Crippen molar-refractivity contribution in [3.05, 3.63) is 59.2 Å². The van der Waals surface area contributed by atoms with Gasteiger partial charge in [0.2, 0.25) is 5.76 Å². The number of carbonyl (C=O) groups is 2. The number of nitrogens with zero attached hydrogens (tertiary/aromatic N) is 3. The molecule has 2 aromatic heterocycles. The van der Waals surface area contributed by atoms with E-state index < -0.39 is 22.8 Å². The van der Waals surface area contributed by atoms with Gasteiger partial charge >= 0.3 is 11.9 Å². The minimum atomic E-state index is -1.75. The van der Waals surface area contributed by atoms with Crippen LogP contribution in [0.2, 0.25) is 0 Å². The molecule has 204 valence electrons. The minimum absolute atomic E-state index is 0.00826. The average molecular weight is 567 g/mol. The van der Waals surface area contributed by atoms with Crippen molar-refractivity contribution in [2.75, 3.05) is 13.2 Å². The molecule has 1 N–H and O–H groups in total. The molecule has 3 heterocycles. The lowest BCUT2D eigenvalue weighted by molar-refractivity contribution is -0.172. The summed E-state index contributed by atoms with van der Waals surface area (Å²) in [4.78, 5) is 40.4. The van der Waals surface area contributed by atoms with Gasteiger partial charge in [-0.15, -0.1) is 0 Å². The number of aryl methyl sites for hydroxylation is 1. The number of hydrogen-bond donors (Lipinski definition) is 1. The van der Waals surface area contributed by atoms with E-state index in [1.165, 1.54) is 23.5 Å². The second-order valence-corrected chi connectivity index (χ2v) is 10.9. The number of carbonyl (C=O) groups excluding carboxylic acids is 2. The molecule has 0 saturated carbocycles. The second-order valence-electron chi connectivity index (χ2n) is 8.74. The molecule has 0 fully saturated rings. The van der Waals surface area contributed by atoms with Crippen LogP contribution in [0.1, 0.15) is 34.1 Å². The van der Waals surface area contributed by atoms with Gasteiger partial charge in [-0.1, -0.05) is 43.0 Å². The molecule has 39 heavy (non-hydrogen) atoms. The summed E-state index contributed by atoms with van der Waals surface area (Å²) < 4.78 is 19.5. The highest BCUT2D eigenvalue weighted by molar-refractivity contribution is 8.03. The number of thioether (sulfide) groups is 2. The number of H-pyrrole nitrogens is 1. The number of fused-ring (bicyclic) bond motifs is 2. The smallest absolute Gasteiger partial charge is 0.376 e. The summed E-state index contributed by atoms with van der Waals surface area (Å²) in [6.07, 6.45) is 0.474.